The number of carbonyl (C=O) groups excluding carboxylic acids is 1. The number of benzene rings is 1. The normalized spacial score (nSPS) is 11.5. The Kier molecular flexibility index (Phi) is 5.45. The molecular formula is C18H20ClNO2. The molecule has 0 bridgehead atoms. The molecule has 116 valence electrons. The maximum Gasteiger partial charge on any atom is 0.355 e. The third-order valence-corrected chi connectivity index (χ3v) is 3.75. The van der Waals surface area contributed by atoms with Crippen LogP contribution in [0.3, 0.4) is 0 Å². The maximum atomic E-state index is 12.4. The number of esters is 1. The molecule has 0 unspecified atom stereocenters. The van der Waals surface area contributed by atoms with Crippen molar-refractivity contribution in [1.82, 2.24) is 4.57 Å². The van der Waals surface area contributed by atoms with Crippen molar-refractivity contribution in [3.05, 3.63) is 58.9 Å². The number of rotatable bonds is 5. The summed E-state index contributed by atoms with van der Waals surface area (Å²) in [7, 11) is 0. The van der Waals surface area contributed by atoms with Crippen molar-refractivity contribution >= 4 is 17.6 Å². The molecule has 0 aliphatic heterocycles. The van der Waals surface area contributed by atoms with Crippen molar-refractivity contribution in [3.8, 4) is 11.1 Å². The van der Waals surface area contributed by atoms with E-state index in [0.29, 0.717) is 23.9 Å². The van der Waals surface area contributed by atoms with Gasteiger partial charge in [0.2, 0.25) is 0 Å². The molecule has 0 radical (unpaired) electrons. The quantitative estimate of drug-likeness (QED) is 0.577. The molecule has 1 aromatic heterocycles. The summed E-state index contributed by atoms with van der Waals surface area (Å²) in [5.74, 6) is -0.304. The van der Waals surface area contributed by atoms with E-state index in [1.807, 2.05) is 67.9 Å². The first-order chi connectivity index (χ1) is 10.6. The Balaban J connectivity index is 2.49. The van der Waals surface area contributed by atoms with Crippen molar-refractivity contribution in [2.45, 2.75) is 27.3 Å². The summed E-state index contributed by atoms with van der Waals surface area (Å²) >= 11 is 5.94. The van der Waals surface area contributed by atoms with Gasteiger partial charge in [-0.25, -0.2) is 4.79 Å². The van der Waals surface area contributed by atoms with E-state index < -0.39 is 0 Å². The maximum absolute atomic E-state index is 12.4. The summed E-state index contributed by atoms with van der Waals surface area (Å²) < 4.78 is 7.15. The van der Waals surface area contributed by atoms with Gasteiger partial charge in [0.1, 0.15) is 5.69 Å². The lowest BCUT2D eigenvalue weighted by Gasteiger charge is -2.11. The van der Waals surface area contributed by atoms with E-state index >= 15 is 0 Å². The smallest absolute Gasteiger partial charge is 0.355 e. The Bertz CT molecular complexity index is 684. The summed E-state index contributed by atoms with van der Waals surface area (Å²) in [4.78, 5) is 12.4. The fraction of sp³-hybridized carbons (Fsp3) is 0.278. The molecule has 0 amide bonds. The highest BCUT2D eigenvalue weighted by molar-refractivity contribution is 6.30. The van der Waals surface area contributed by atoms with Gasteiger partial charge in [0.05, 0.1) is 6.61 Å². The van der Waals surface area contributed by atoms with Gasteiger partial charge in [0.15, 0.2) is 0 Å². The van der Waals surface area contributed by atoms with Crippen LogP contribution in [-0.4, -0.2) is 17.1 Å². The molecule has 0 saturated heterocycles. The summed E-state index contributed by atoms with van der Waals surface area (Å²) in [6.45, 7) is 6.86. The molecule has 0 atom stereocenters. The molecule has 0 fully saturated rings. The predicted molar refractivity (Wildman–Crippen MR) is 90.3 cm³/mol. The summed E-state index contributed by atoms with van der Waals surface area (Å²) in [6.07, 6.45) is 3.96. The minimum absolute atomic E-state index is 0.304. The summed E-state index contributed by atoms with van der Waals surface area (Å²) in [6, 6.07) is 9.40. The average Bonchev–Trinajstić information content (AvgIpc) is 2.91. The van der Waals surface area contributed by atoms with Crippen molar-refractivity contribution in [2.24, 2.45) is 0 Å². The number of hydrogen-bond donors (Lipinski definition) is 0. The van der Waals surface area contributed by atoms with Gasteiger partial charge in [0.25, 0.3) is 0 Å². The third-order valence-electron chi connectivity index (χ3n) is 3.50. The topological polar surface area (TPSA) is 31.2 Å². The lowest BCUT2D eigenvalue weighted by atomic mass is 10.1. The molecule has 0 aliphatic carbocycles. The van der Waals surface area contributed by atoms with Gasteiger partial charge in [-0.2, -0.15) is 0 Å². The largest absolute Gasteiger partial charge is 0.461 e. The number of hydrogen-bond acceptors (Lipinski definition) is 2. The van der Waals surface area contributed by atoms with Gasteiger partial charge in [-0.05, 0) is 44.5 Å². The molecule has 4 heteroatoms. The Hall–Kier alpha value is -2.00. The van der Waals surface area contributed by atoms with Crippen molar-refractivity contribution in [2.75, 3.05) is 6.61 Å². The molecule has 2 rings (SSSR count). The highest BCUT2D eigenvalue weighted by Crippen LogP contribution is 2.27. The lowest BCUT2D eigenvalue weighted by molar-refractivity contribution is 0.0515. The van der Waals surface area contributed by atoms with Gasteiger partial charge in [-0.3, -0.25) is 0 Å². The Morgan fingerprint density at radius 2 is 1.95 bits per heavy atom. The second-order valence-electron chi connectivity index (χ2n) is 5.07. The summed E-state index contributed by atoms with van der Waals surface area (Å²) in [5, 5.41) is 0.672. The van der Waals surface area contributed by atoms with E-state index in [4.69, 9.17) is 16.3 Å². The molecule has 0 aliphatic rings. The van der Waals surface area contributed by atoms with E-state index in [1.165, 1.54) is 5.57 Å². The zero-order valence-electron chi connectivity index (χ0n) is 13.1. The summed E-state index contributed by atoms with van der Waals surface area (Å²) in [5.41, 5.74) is 3.57. The van der Waals surface area contributed by atoms with Crippen LogP contribution in [0.15, 0.2) is 48.2 Å². The molecule has 0 saturated carbocycles. The molecule has 1 heterocycles. The highest BCUT2D eigenvalue weighted by atomic mass is 35.5. The lowest BCUT2D eigenvalue weighted by Crippen LogP contribution is -2.13. The van der Waals surface area contributed by atoms with Gasteiger partial charge < -0.3 is 9.30 Å². The first-order valence-corrected chi connectivity index (χ1v) is 7.68. The monoisotopic (exact) mass is 317 g/mol. The third kappa shape index (κ3) is 3.60. The molecule has 2 aromatic rings. The van der Waals surface area contributed by atoms with E-state index in [9.17, 15) is 4.79 Å². The zero-order valence-corrected chi connectivity index (χ0v) is 13.9. The Morgan fingerprint density at radius 1 is 1.27 bits per heavy atom. The van der Waals surface area contributed by atoms with Gasteiger partial charge >= 0.3 is 5.97 Å². The van der Waals surface area contributed by atoms with E-state index in [-0.39, 0.29) is 5.97 Å². The number of carbonyl (C=O) groups is 1. The Labute approximate surface area is 136 Å². The fourth-order valence-electron chi connectivity index (χ4n) is 2.25. The van der Waals surface area contributed by atoms with Crippen LogP contribution >= 0.6 is 11.6 Å². The van der Waals surface area contributed by atoms with Crippen molar-refractivity contribution < 1.29 is 9.53 Å². The Morgan fingerprint density at radius 3 is 2.55 bits per heavy atom. The number of nitrogens with zero attached hydrogens (tertiary/aromatic N) is 1. The van der Waals surface area contributed by atoms with E-state index in [1.54, 1.807) is 0 Å². The van der Waals surface area contributed by atoms with Crippen molar-refractivity contribution in [3.63, 3.8) is 0 Å². The molecular weight excluding hydrogens is 298 g/mol. The first-order valence-electron chi connectivity index (χ1n) is 7.30. The average molecular weight is 318 g/mol. The molecule has 22 heavy (non-hydrogen) atoms. The standard InChI is InChI=1S/C18H20ClNO2/c1-4-13(3)12-20-11-10-16(17(20)18(21)22-5-2)14-6-8-15(19)9-7-14/h4,6-11H,5,12H2,1-3H3. The number of halogens is 1. The number of aromatic nitrogens is 1. The van der Waals surface area contributed by atoms with E-state index in [0.717, 1.165) is 11.1 Å². The van der Waals surface area contributed by atoms with Gasteiger partial charge in [-0.15, -0.1) is 0 Å². The SMILES string of the molecule is CC=C(C)Cn1ccc(-c2ccc(Cl)cc2)c1C(=O)OCC. The second kappa shape index (κ2) is 7.32. The van der Waals surface area contributed by atoms with E-state index in [2.05, 4.69) is 0 Å². The molecule has 3 nitrogen and oxygen atoms in total. The minimum atomic E-state index is -0.304. The van der Waals surface area contributed by atoms with Crippen LogP contribution in [0.1, 0.15) is 31.3 Å². The zero-order chi connectivity index (χ0) is 16.1. The number of ether oxygens (including phenoxy) is 1. The molecule has 0 spiro atoms. The molecule has 0 N–H and O–H groups in total. The van der Waals surface area contributed by atoms with Crippen LogP contribution in [-0.2, 0) is 11.3 Å². The van der Waals surface area contributed by atoms with Gasteiger partial charge in [0, 0.05) is 23.3 Å². The minimum Gasteiger partial charge on any atom is -0.461 e. The van der Waals surface area contributed by atoms with Gasteiger partial charge in [-0.1, -0.05) is 35.4 Å². The van der Waals surface area contributed by atoms with Crippen LogP contribution < -0.4 is 0 Å². The van der Waals surface area contributed by atoms with Crippen LogP contribution in [0.4, 0.5) is 0 Å². The number of allylic oxidation sites excluding steroid dienone is 2. The molecule has 1 aromatic carbocycles. The van der Waals surface area contributed by atoms with Crippen LogP contribution in [0.5, 0.6) is 0 Å². The van der Waals surface area contributed by atoms with Crippen molar-refractivity contribution in [1.29, 1.82) is 0 Å². The second-order valence-corrected chi connectivity index (χ2v) is 5.50. The highest BCUT2D eigenvalue weighted by Gasteiger charge is 2.19. The van der Waals surface area contributed by atoms with Crippen LogP contribution in [0, 0.1) is 0 Å². The fourth-order valence-corrected chi connectivity index (χ4v) is 2.38. The van der Waals surface area contributed by atoms with Crippen LogP contribution in [0.25, 0.3) is 11.1 Å². The van der Waals surface area contributed by atoms with Crippen LogP contribution in [0.2, 0.25) is 5.02 Å². The first kappa shape index (κ1) is 16.4. The predicted octanol–water partition coefficient (Wildman–Crippen LogP) is 4.95.